The molecule has 1 aromatic rings. The average molecular weight is 342 g/mol. The number of hydrogen-bond donors (Lipinski definition) is 1. The molecule has 0 aliphatic carbocycles. The van der Waals surface area contributed by atoms with Gasteiger partial charge in [-0.2, -0.15) is 4.31 Å². The number of benzene rings is 1. The minimum absolute atomic E-state index is 0.146. The van der Waals surface area contributed by atoms with Crippen LogP contribution < -0.4 is 0 Å². The SMILES string of the molecule is Cc1ccc([N+](=O)[O-])cc1S(=O)(=O)N1CCCC(C)(C(=O)O)C1. The second kappa shape index (κ2) is 5.89. The van der Waals surface area contributed by atoms with E-state index < -0.39 is 26.3 Å². The van der Waals surface area contributed by atoms with Crippen molar-refractivity contribution in [1.82, 2.24) is 4.31 Å². The van der Waals surface area contributed by atoms with E-state index in [0.29, 0.717) is 18.4 Å². The van der Waals surface area contributed by atoms with Crippen LogP contribution in [0.4, 0.5) is 5.69 Å². The molecule has 1 aliphatic rings. The Morgan fingerprint density at radius 1 is 1.43 bits per heavy atom. The number of carbonyl (C=O) groups is 1. The Bertz CT molecular complexity index is 761. The average Bonchev–Trinajstić information content (AvgIpc) is 2.47. The van der Waals surface area contributed by atoms with Crippen molar-refractivity contribution in [2.45, 2.75) is 31.6 Å². The third kappa shape index (κ3) is 3.20. The number of hydrogen-bond acceptors (Lipinski definition) is 5. The third-order valence-corrected chi connectivity index (χ3v) is 6.17. The van der Waals surface area contributed by atoms with Gasteiger partial charge in [-0.05, 0) is 32.3 Å². The number of sulfonamides is 1. The van der Waals surface area contributed by atoms with Gasteiger partial charge in [0.2, 0.25) is 10.0 Å². The highest BCUT2D eigenvalue weighted by molar-refractivity contribution is 7.89. The van der Waals surface area contributed by atoms with Gasteiger partial charge in [0, 0.05) is 25.2 Å². The van der Waals surface area contributed by atoms with E-state index in [1.54, 1.807) is 6.92 Å². The number of carboxylic acids is 1. The van der Waals surface area contributed by atoms with Crippen molar-refractivity contribution in [2.24, 2.45) is 5.41 Å². The normalized spacial score (nSPS) is 22.7. The van der Waals surface area contributed by atoms with Gasteiger partial charge in [-0.15, -0.1) is 0 Å². The molecule has 1 saturated heterocycles. The monoisotopic (exact) mass is 342 g/mol. The number of rotatable bonds is 4. The molecule has 1 aromatic carbocycles. The summed E-state index contributed by atoms with van der Waals surface area (Å²) in [7, 11) is -3.99. The first-order valence-corrected chi connectivity index (χ1v) is 8.50. The Morgan fingerprint density at radius 3 is 2.65 bits per heavy atom. The molecular weight excluding hydrogens is 324 g/mol. The second-order valence-corrected chi connectivity index (χ2v) is 7.92. The molecule has 1 heterocycles. The van der Waals surface area contributed by atoms with E-state index in [1.165, 1.54) is 19.1 Å². The molecule has 9 heteroatoms. The number of carboxylic acid groups (broad SMARTS) is 1. The molecule has 126 valence electrons. The standard InChI is InChI=1S/C14H18N2O6S/c1-10-4-5-11(16(19)20)8-12(10)23(21,22)15-7-3-6-14(2,9-15)13(17)18/h4-5,8H,3,6-7,9H2,1-2H3,(H,17,18). The highest BCUT2D eigenvalue weighted by atomic mass is 32.2. The maximum atomic E-state index is 12.8. The summed E-state index contributed by atoms with van der Waals surface area (Å²) in [6.07, 6.45) is 0.818. The lowest BCUT2D eigenvalue weighted by Crippen LogP contribution is -2.48. The molecule has 8 nitrogen and oxygen atoms in total. The van der Waals surface area contributed by atoms with Gasteiger partial charge >= 0.3 is 5.97 Å². The molecule has 1 fully saturated rings. The van der Waals surface area contributed by atoms with Crippen LogP contribution in [0.25, 0.3) is 0 Å². The minimum atomic E-state index is -3.99. The molecule has 0 amide bonds. The highest BCUT2D eigenvalue weighted by Gasteiger charge is 2.42. The molecule has 0 saturated carbocycles. The van der Waals surface area contributed by atoms with Gasteiger partial charge in [-0.25, -0.2) is 8.42 Å². The molecule has 0 spiro atoms. The maximum absolute atomic E-state index is 12.8. The first-order chi connectivity index (χ1) is 10.6. The molecule has 2 rings (SSSR count). The van der Waals surface area contributed by atoms with E-state index in [0.717, 1.165) is 10.4 Å². The fourth-order valence-corrected chi connectivity index (χ4v) is 4.54. The van der Waals surface area contributed by atoms with Crippen LogP contribution in [0, 0.1) is 22.5 Å². The number of non-ortho nitro benzene ring substituents is 1. The Balaban J connectivity index is 2.44. The van der Waals surface area contributed by atoms with Crippen molar-refractivity contribution >= 4 is 21.7 Å². The second-order valence-electron chi connectivity index (χ2n) is 6.01. The third-order valence-electron chi connectivity index (χ3n) is 4.18. The maximum Gasteiger partial charge on any atom is 0.310 e. The number of nitrogens with zero attached hydrogens (tertiary/aromatic N) is 2. The van der Waals surface area contributed by atoms with Gasteiger partial charge in [0.1, 0.15) is 0 Å². The molecular formula is C14H18N2O6S. The van der Waals surface area contributed by atoms with Gasteiger partial charge in [0.25, 0.3) is 5.69 Å². The van der Waals surface area contributed by atoms with E-state index in [2.05, 4.69) is 0 Å². The quantitative estimate of drug-likeness (QED) is 0.658. The van der Waals surface area contributed by atoms with Gasteiger partial charge in [-0.1, -0.05) is 6.07 Å². The summed E-state index contributed by atoms with van der Waals surface area (Å²) >= 11 is 0. The van der Waals surface area contributed by atoms with Crippen molar-refractivity contribution in [1.29, 1.82) is 0 Å². The van der Waals surface area contributed by atoms with E-state index in [4.69, 9.17) is 0 Å². The topological polar surface area (TPSA) is 118 Å². The van der Waals surface area contributed by atoms with E-state index in [1.807, 2.05) is 0 Å². The van der Waals surface area contributed by atoms with Crippen LogP contribution in [0.2, 0.25) is 0 Å². The zero-order valence-corrected chi connectivity index (χ0v) is 13.7. The van der Waals surface area contributed by atoms with Crippen LogP contribution in [0.1, 0.15) is 25.3 Å². The number of nitro benzene ring substituents is 1. The van der Waals surface area contributed by atoms with Crippen molar-refractivity contribution < 1.29 is 23.2 Å². The molecule has 1 N–H and O–H groups in total. The Kier molecular flexibility index (Phi) is 4.45. The first kappa shape index (κ1) is 17.4. The number of nitro groups is 1. The first-order valence-electron chi connectivity index (χ1n) is 7.06. The van der Waals surface area contributed by atoms with Crippen LogP contribution in [0.5, 0.6) is 0 Å². The highest BCUT2D eigenvalue weighted by Crippen LogP contribution is 2.34. The molecule has 1 atom stereocenters. The molecule has 23 heavy (non-hydrogen) atoms. The number of piperidine rings is 1. The minimum Gasteiger partial charge on any atom is -0.481 e. The van der Waals surface area contributed by atoms with E-state index in [-0.39, 0.29) is 23.7 Å². The van der Waals surface area contributed by atoms with E-state index in [9.17, 15) is 28.4 Å². The van der Waals surface area contributed by atoms with Crippen LogP contribution in [0.3, 0.4) is 0 Å². The van der Waals surface area contributed by atoms with Crippen LogP contribution >= 0.6 is 0 Å². The lowest BCUT2D eigenvalue weighted by molar-refractivity contribution is -0.385. The van der Waals surface area contributed by atoms with Crippen molar-refractivity contribution in [3.05, 3.63) is 33.9 Å². The zero-order valence-electron chi connectivity index (χ0n) is 12.9. The molecule has 1 unspecified atom stereocenters. The van der Waals surface area contributed by atoms with Gasteiger partial charge in [-0.3, -0.25) is 14.9 Å². The Morgan fingerprint density at radius 2 is 2.09 bits per heavy atom. The summed E-state index contributed by atoms with van der Waals surface area (Å²) in [4.78, 5) is 21.5. The molecule has 1 aliphatic heterocycles. The summed E-state index contributed by atoms with van der Waals surface area (Å²) in [5, 5.41) is 20.2. The molecule has 0 radical (unpaired) electrons. The zero-order chi connectivity index (χ0) is 17.4. The summed E-state index contributed by atoms with van der Waals surface area (Å²) in [5.74, 6) is -1.05. The largest absolute Gasteiger partial charge is 0.481 e. The Labute approximate surface area is 133 Å². The number of aryl methyl sites for hydroxylation is 1. The fourth-order valence-electron chi connectivity index (χ4n) is 2.69. The van der Waals surface area contributed by atoms with Crippen molar-refractivity contribution in [3.63, 3.8) is 0 Å². The van der Waals surface area contributed by atoms with Crippen LogP contribution in [0.15, 0.2) is 23.1 Å². The van der Waals surface area contributed by atoms with Crippen molar-refractivity contribution in [2.75, 3.05) is 13.1 Å². The van der Waals surface area contributed by atoms with Gasteiger partial charge in [0.05, 0.1) is 15.2 Å². The van der Waals surface area contributed by atoms with E-state index >= 15 is 0 Å². The van der Waals surface area contributed by atoms with Gasteiger partial charge in [0.15, 0.2) is 0 Å². The van der Waals surface area contributed by atoms with Crippen LogP contribution in [-0.2, 0) is 14.8 Å². The summed E-state index contributed by atoms with van der Waals surface area (Å²) < 4.78 is 26.7. The smallest absolute Gasteiger partial charge is 0.310 e. The summed E-state index contributed by atoms with van der Waals surface area (Å²) in [6.45, 7) is 3.12. The predicted molar refractivity (Wildman–Crippen MR) is 81.6 cm³/mol. The van der Waals surface area contributed by atoms with Gasteiger partial charge < -0.3 is 5.11 Å². The predicted octanol–water partition coefficient (Wildman–Crippen LogP) is 1.78. The fraction of sp³-hybridized carbons (Fsp3) is 0.500. The summed E-state index contributed by atoms with van der Waals surface area (Å²) in [5.41, 5.74) is -1.08. The molecule has 0 aromatic heterocycles. The van der Waals surface area contributed by atoms with Crippen molar-refractivity contribution in [3.8, 4) is 0 Å². The lowest BCUT2D eigenvalue weighted by atomic mass is 9.83. The molecule has 0 bridgehead atoms. The number of aliphatic carboxylic acids is 1. The lowest BCUT2D eigenvalue weighted by Gasteiger charge is -2.36. The van der Waals surface area contributed by atoms with Crippen LogP contribution in [-0.4, -0.2) is 41.8 Å². The Hall–Kier alpha value is -2.00. The summed E-state index contributed by atoms with van der Waals surface area (Å²) in [6, 6.07) is 3.65.